The monoisotopic (exact) mass is 281 g/mol. The molecule has 0 saturated carbocycles. The van der Waals surface area contributed by atoms with Crippen LogP contribution in [0.4, 0.5) is 8.78 Å². The van der Waals surface area contributed by atoms with Gasteiger partial charge in [0, 0.05) is 16.6 Å². The van der Waals surface area contributed by atoms with Gasteiger partial charge in [-0.3, -0.25) is 0 Å². The second-order valence-electron chi connectivity index (χ2n) is 4.31. The van der Waals surface area contributed by atoms with Gasteiger partial charge < -0.3 is 5.32 Å². The zero-order chi connectivity index (χ0) is 13.8. The first-order valence-electron chi connectivity index (χ1n) is 5.97. The van der Waals surface area contributed by atoms with Gasteiger partial charge in [0.2, 0.25) is 0 Å². The quantitative estimate of drug-likeness (QED) is 0.889. The molecule has 2 aromatic rings. The van der Waals surface area contributed by atoms with Crippen LogP contribution in [0.2, 0.25) is 5.02 Å². The number of hydrogen-bond donors (Lipinski definition) is 1. The molecule has 0 amide bonds. The highest BCUT2D eigenvalue weighted by molar-refractivity contribution is 6.30. The molecule has 0 saturated heterocycles. The molecular formula is C15H14ClF2N. The molecule has 1 N–H and O–H groups in total. The smallest absolute Gasteiger partial charge is 0.163 e. The zero-order valence-corrected chi connectivity index (χ0v) is 11.2. The van der Waals surface area contributed by atoms with E-state index in [1.807, 2.05) is 12.1 Å². The number of halogens is 3. The summed E-state index contributed by atoms with van der Waals surface area (Å²) in [5, 5.41) is 3.66. The SMILES string of the molecule is CNC(Cc1ccc(Cl)cc1)c1cccc(F)c1F. The highest BCUT2D eigenvalue weighted by atomic mass is 35.5. The van der Waals surface area contributed by atoms with Gasteiger partial charge in [-0.25, -0.2) is 8.78 Å². The van der Waals surface area contributed by atoms with Crippen LogP contribution >= 0.6 is 11.6 Å². The van der Waals surface area contributed by atoms with Gasteiger partial charge in [0.1, 0.15) is 0 Å². The molecule has 0 fully saturated rings. The summed E-state index contributed by atoms with van der Waals surface area (Å²) in [4.78, 5) is 0. The van der Waals surface area contributed by atoms with Crippen LogP contribution in [0.5, 0.6) is 0 Å². The predicted molar refractivity (Wildman–Crippen MR) is 73.3 cm³/mol. The third kappa shape index (κ3) is 3.31. The van der Waals surface area contributed by atoms with Crippen LogP contribution in [0.1, 0.15) is 17.2 Å². The van der Waals surface area contributed by atoms with E-state index in [9.17, 15) is 8.78 Å². The second-order valence-corrected chi connectivity index (χ2v) is 4.75. The average molecular weight is 282 g/mol. The molecule has 0 bridgehead atoms. The summed E-state index contributed by atoms with van der Waals surface area (Å²) in [5.41, 5.74) is 1.34. The first-order valence-corrected chi connectivity index (χ1v) is 6.35. The van der Waals surface area contributed by atoms with Gasteiger partial charge >= 0.3 is 0 Å². The van der Waals surface area contributed by atoms with Gasteiger partial charge in [0.15, 0.2) is 11.6 Å². The maximum absolute atomic E-state index is 13.8. The lowest BCUT2D eigenvalue weighted by molar-refractivity contribution is 0.473. The Hall–Kier alpha value is -1.45. The Morgan fingerprint density at radius 1 is 1.11 bits per heavy atom. The van der Waals surface area contributed by atoms with E-state index in [0.717, 1.165) is 11.6 Å². The lowest BCUT2D eigenvalue weighted by Crippen LogP contribution is -2.20. The van der Waals surface area contributed by atoms with E-state index in [1.54, 1.807) is 25.2 Å². The molecule has 100 valence electrons. The van der Waals surface area contributed by atoms with E-state index in [-0.39, 0.29) is 6.04 Å². The largest absolute Gasteiger partial charge is 0.313 e. The summed E-state index contributed by atoms with van der Waals surface area (Å²) >= 11 is 5.82. The van der Waals surface area contributed by atoms with Gasteiger partial charge in [-0.15, -0.1) is 0 Å². The van der Waals surface area contributed by atoms with Crippen LogP contribution in [-0.2, 0) is 6.42 Å². The summed E-state index contributed by atoms with van der Waals surface area (Å²) in [6, 6.07) is 11.3. The third-order valence-corrected chi connectivity index (χ3v) is 3.31. The molecule has 0 aliphatic carbocycles. The molecule has 2 rings (SSSR count). The first kappa shape index (κ1) is 14.0. The summed E-state index contributed by atoms with van der Waals surface area (Å²) in [7, 11) is 1.73. The van der Waals surface area contributed by atoms with Crippen LogP contribution in [0, 0.1) is 11.6 Å². The molecule has 0 heterocycles. The standard InChI is InChI=1S/C15H14ClF2N/c1-19-14(9-10-5-7-11(16)8-6-10)12-3-2-4-13(17)15(12)18/h2-8,14,19H,9H2,1H3. The Balaban J connectivity index is 2.25. The molecule has 19 heavy (non-hydrogen) atoms. The highest BCUT2D eigenvalue weighted by Crippen LogP contribution is 2.23. The Kier molecular flexibility index (Phi) is 4.51. The van der Waals surface area contributed by atoms with E-state index >= 15 is 0 Å². The minimum atomic E-state index is -0.825. The van der Waals surface area contributed by atoms with Crippen molar-refractivity contribution in [2.45, 2.75) is 12.5 Å². The molecule has 1 unspecified atom stereocenters. The first-order chi connectivity index (χ1) is 9.11. The fourth-order valence-corrected chi connectivity index (χ4v) is 2.14. The number of likely N-dealkylation sites (N-methyl/N-ethyl adjacent to an activating group) is 1. The van der Waals surface area contributed by atoms with Crippen molar-refractivity contribution < 1.29 is 8.78 Å². The normalized spacial score (nSPS) is 12.4. The second kappa shape index (κ2) is 6.13. The minimum Gasteiger partial charge on any atom is -0.313 e. The molecule has 2 aromatic carbocycles. The van der Waals surface area contributed by atoms with Crippen LogP contribution < -0.4 is 5.32 Å². The number of benzene rings is 2. The van der Waals surface area contributed by atoms with Crippen molar-refractivity contribution >= 4 is 11.6 Å². The van der Waals surface area contributed by atoms with Crippen molar-refractivity contribution in [2.75, 3.05) is 7.05 Å². The Bertz CT molecular complexity index is 555. The third-order valence-electron chi connectivity index (χ3n) is 3.06. The van der Waals surface area contributed by atoms with Crippen molar-refractivity contribution in [2.24, 2.45) is 0 Å². The van der Waals surface area contributed by atoms with Gasteiger partial charge in [-0.1, -0.05) is 35.9 Å². The number of hydrogen-bond acceptors (Lipinski definition) is 1. The number of rotatable bonds is 4. The lowest BCUT2D eigenvalue weighted by Gasteiger charge is -2.17. The molecule has 0 radical (unpaired) electrons. The van der Waals surface area contributed by atoms with E-state index in [1.165, 1.54) is 6.07 Å². The van der Waals surface area contributed by atoms with Gasteiger partial charge in [-0.05, 0) is 37.2 Å². The van der Waals surface area contributed by atoms with Crippen LogP contribution in [-0.4, -0.2) is 7.05 Å². The van der Waals surface area contributed by atoms with Crippen LogP contribution in [0.25, 0.3) is 0 Å². The molecule has 1 nitrogen and oxygen atoms in total. The van der Waals surface area contributed by atoms with E-state index < -0.39 is 11.6 Å². The molecule has 1 atom stereocenters. The topological polar surface area (TPSA) is 12.0 Å². The minimum absolute atomic E-state index is 0.281. The van der Waals surface area contributed by atoms with E-state index in [0.29, 0.717) is 17.0 Å². The summed E-state index contributed by atoms with van der Waals surface area (Å²) in [6.07, 6.45) is 0.564. The van der Waals surface area contributed by atoms with Crippen molar-refractivity contribution in [1.29, 1.82) is 0 Å². The van der Waals surface area contributed by atoms with Gasteiger partial charge in [-0.2, -0.15) is 0 Å². The van der Waals surface area contributed by atoms with Crippen molar-refractivity contribution in [1.82, 2.24) is 5.32 Å². The molecule has 0 aliphatic heterocycles. The zero-order valence-electron chi connectivity index (χ0n) is 10.5. The van der Waals surface area contributed by atoms with E-state index in [4.69, 9.17) is 11.6 Å². The van der Waals surface area contributed by atoms with Crippen molar-refractivity contribution in [3.05, 3.63) is 70.2 Å². The average Bonchev–Trinajstić information content (AvgIpc) is 2.42. The molecule has 0 aromatic heterocycles. The lowest BCUT2D eigenvalue weighted by atomic mass is 9.98. The predicted octanol–water partition coefficient (Wildman–Crippen LogP) is 4.12. The van der Waals surface area contributed by atoms with Crippen LogP contribution in [0.15, 0.2) is 42.5 Å². The number of nitrogens with one attached hydrogen (secondary N) is 1. The fraction of sp³-hybridized carbons (Fsp3) is 0.200. The van der Waals surface area contributed by atoms with E-state index in [2.05, 4.69) is 5.32 Å². The Morgan fingerprint density at radius 3 is 2.42 bits per heavy atom. The van der Waals surface area contributed by atoms with Gasteiger partial charge in [0.25, 0.3) is 0 Å². The highest BCUT2D eigenvalue weighted by Gasteiger charge is 2.17. The van der Waals surface area contributed by atoms with Crippen molar-refractivity contribution in [3.8, 4) is 0 Å². The Labute approximate surface area is 116 Å². The summed E-state index contributed by atoms with van der Waals surface area (Å²) < 4.78 is 27.0. The van der Waals surface area contributed by atoms with Gasteiger partial charge in [0.05, 0.1) is 0 Å². The molecule has 4 heteroatoms. The molecular weight excluding hydrogens is 268 g/mol. The summed E-state index contributed by atoms with van der Waals surface area (Å²) in [6.45, 7) is 0. The molecule has 0 spiro atoms. The molecule has 0 aliphatic rings. The summed E-state index contributed by atoms with van der Waals surface area (Å²) in [5.74, 6) is -1.62. The fourth-order valence-electron chi connectivity index (χ4n) is 2.01. The maximum Gasteiger partial charge on any atom is 0.163 e. The van der Waals surface area contributed by atoms with Crippen LogP contribution in [0.3, 0.4) is 0 Å². The Morgan fingerprint density at radius 2 is 1.79 bits per heavy atom. The van der Waals surface area contributed by atoms with Crippen molar-refractivity contribution in [3.63, 3.8) is 0 Å². The maximum atomic E-state index is 13.8.